The lowest BCUT2D eigenvalue weighted by Gasteiger charge is -2.13. The minimum absolute atomic E-state index is 0.562. The molecule has 1 rings (SSSR count). The Kier molecular flexibility index (Phi) is 13.8. The van der Waals surface area contributed by atoms with Crippen LogP contribution in [0.4, 0.5) is 0 Å². The molecule has 0 aliphatic heterocycles. The first-order valence-corrected chi connectivity index (χ1v) is 10.6. The molecule has 6 nitrogen and oxygen atoms in total. The van der Waals surface area contributed by atoms with Gasteiger partial charge in [0.05, 0.1) is 12.4 Å². The van der Waals surface area contributed by atoms with Gasteiger partial charge in [-0.3, -0.25) is 0 Å². The number of nitrogens with zero attached hydrogens (tertiary/aromatic N) is 2. The van der Waals surface area contributed by atoms with Crippen LogP contribution < -0.4 is 10.6 Å². The second-order valence-electron chi connectivity index (χ2n) is 6.74. The molecular weight excluding hydrogens is 352 g/mol. The molecule has 0 aromatic heterocycles. The highest BCUT2D eigenvalue weighted by Gasteiger charge is 2.01. The fourth-order valence-electron chi connectivity index (χ4n) is 2.74. The Hall–Kier alpha value is -1.92. The fourth-order valence-corrected chi connectivity index (χ4v) is 2.74. The summed E-state index contributed by atoms with van der Waals surface area (Å²) in [7, 11) is 0. The number of benzene rings is 1. The summed E-state index contributed by atoms with van der Waals surface area (Å²) in [4.78, 5) is 10.6. The first kappa shape index (κ1) is 24.1. The molecule has 0 spiro atoms. The van der Waals surface area contributed by atoms with Crippen molar-refractivity contribution in [3.05, 3.63) is 35.4 Å². The summed E-state index contributed by atoms with van der Waals surface area (Å²) in [6, 6.07) is 9.03. The van der Waals surface area contributed by atoms with Crippen LogP contribution in [-0.2, 0) is 9.68 Å². The topological polar surface area (TPSA) is 67.2 Å². The zero-order valence-electron chi connectivity index (χ0n) is 18.0. The molecule has 158 valence electrons. The van der Waals surface area contributed by atoms with E-state index in [0.29, 0.717) is 25.3 Å². The lowest BCUT2D eigenvalue weighted by molar-refractivity contribution is 0.144. The predicted octanol–water partition coefficient (Wildman–Crippen LogP) is 3.94. The van der Waals surface area contributed by atoms with Gasteiger partial charge in [-0.1, -0.05) is 62.3 Å². The maximum Gasteiger partial charge on any atom is 0.129 e. The molecule has 0 saturated heterocycles. The highest BCUT2D eigenvalue weighted by Crippen LogP contribution is 2.01. The maximum atomic E-state index is 5.30. The Morgan fingerprint density at radius 3 is 1.39 bits per heavy atom. The fraction of sp³-hybridized carbons (Fsp3) is 0.636. The van der Waals surface area contributed by atoms with Crippen molar-refractivity contribution in [2.75, 3.05) is 26.3 Å². The largest absolute Gasteiger partial charge is 0.394 e. The van der Waals surface area contributed by atoms with Crippen LogP contribution >= 0.6 is 0 Å². The van der Waals surface area contributed by atoms with Gasteiger partial charge in [-0.25, -0.2) is 0 Å². The summed E-state index contributed by atoms with van der Waals surface area (Å²) in [5.74, 6) is 0. The van der Waals surface area contributed by atoms with E-state index < -0.39 is 0 Å². The van der Waals surface area contributed by atoms with Crippen LogP contribution in [0.25, 0.3) is 0 Å². The second kappa shape index (κ2) is 16.1. The molecule has 0 amide bonds. The molecule has 2 N–H and O–H groups in total. The van der Waals surface area contributed by atoms with Gasteiger partial charge in [0.25, 0.3) is 0 Å². The normalized spacial score (nSPS) is 11.9. The van der Waals surface area contributed by atoms with Gasteiger partial charge in [-0.15, -0.1) is 0 Å². The van der Waals surface area contributed by atoms with E-state index in [0.717, 1.165) is 49.9 Å². The van der Waals surface area contributed by atoms with Gasteiger partial charge in [0.2, 0.25) is 0 Å². The van der Waals surface area contributed by atoms with Crippen molar-refractivity contribution in [3.63, 3.8) is 0 Å². The molecule has 1 aromatic carbocycles. The number of nitrogens with one attached hydrogen (secondary N) is 2. The van der Waals surface area contributed by atoms with Gasteiger partial charge in [-0.2, -0.15) is 0 Å². The Balaban J connectivity index is 2.20. The summed E-state index contributed by atoms with van der Waals surface area (Å²) < 4.78 is 0. The third kappa shape index (κ3) is 11.0. The zero-order valence-corrected chi connectivity index (χ0v) is 18.0. The van der Waals surface area contributed by atoms with Crippen LogP contribution in [0, 0.1) is 0 Å². The van der Waals surface area contributed by atoms with E-state index in [1.807, 2.05) is 24.3 Å². The number of oxime groups is 2. The predicted molar refractivity (Wildman–Crippen MR) is 118 cm³/mol. The summed E-state index contributed by atoms with van der Waals surface area (Å²) in [5, 5.41) is 14.9. The lowest BCUT2D eigenvalue weighted by atomic mass is 10.2. The van der Waals surface area contributed by atoms with E-state index in [1.54, 1.807) is 12.4 Å². The molecule has 0 fully saturated rings. The van der Waals surface area contributed by atoms with E-state index in [2.05, 4.69) is 48.6 Å². The van der Waals surface area contributed by atoms with Crippen molar-refractivity contribution >= 4 is 12.4 Å². The van der Waals surface area contributed by atoms with E-state index in [9.17, 15) is 0 Å². The van der Waals surface area contributed by atoms with Gasteiger partial charge in [0.1, 0.15) is 13.2 Å². The van der Waals surface area contributed by atoms with Crippen molar-refractivity contribution in [1.29, 1.82) is 0 Å². The van der Waals surface area contributed by atoms with E-state index in [1.165, 1.54) is 0 Å². The van der Waals surface area contributed by atoms with E-state index in [4.69, 9.17) is 9.68 Å². The molecule has 0 aliphatic rings. The average molecular weight is 391 g/mol. The summed E-state index contributed by atoms with van der Waals surface area (Å²) in [5.41, 5.74) is 1.97. The minimum atomic E-state index is 0.562. The standard InChI is InChI=1S/C22H38N4O2/c1-5-21(6-2)23-13-15-27-25-17-19-9-11-20(12-10-19)18-26-28-16-14-24-22(7-3)8-4/h9-12,17-18,21-24H,5-8,13-16H2,1-4H3/b25-17-,26-18-. The Bertz CT molecular complexity index is 489. The van der Waals surface area contributed by atoms with E-state index >= 15 is 0 Å². The average Bonchev–Trinajstić information content (AvgIpc) is 2.74. The number of rotatable bonds is 16. The van der Waals surface area contributed by atoms with Crippen LogP contribution in [0.5, 0.6) is 0 Å². The molecule has 0 atom stereocenters. The van der Waals surface area contributed by atoms with Crippen molar-refractivity contribution in [2.45, 2.75) is 65.5 Å². The van der Waals surface area contributed by atoms with Gasteiger partial charge in [0.15, 0.2) is 0 Å². The molecule has 0 radical (unpaired) electrons. The number of hydrogen-bond acceptors (Lipinski definition) is 6. The summed E-state index contributed by atoms with van der Waals surface area (Å²) >= 11 is 0. The quantitative estimate of drug-likeness (QED) is 0.255. The third-order valence-electron chi connectivity index (χ3n) is 4.71. The van der Waals surface area contributed by atoms with Crippen molar-refractivity contribution in [1.82, 2.24) is 10.6 Å². The van der Waals surface area contributed by atoms with Crippen molar-refractivity contribution < 1.29 is 9.68 Å². The summed E-state index contributed by atoms with van der Waals surface area (Å²) in [6.45, 7) is 11.5. The zero-order chi connectivity index (χ0) is 20.5. The molecule has 0 bridgehead atoms. The molecule has 28 heavy (non-hydrogen) atoms. The minimum Gasteiger partial charge on any atom is -0.394 e. The Morgan fingerprint density at radius 2 is 1.07 bits per heavy atom. The molecule has 6 heteroatoms. The maximum absolute atomic E-state index is 5.30. The Labute approximate surface area is 170 Å². The van der Waals surface area contributed by atoms with Crippen LogP contribution in [0.2, 0.25) is 0 Å². The monoisotopic (exact) mass is 390 g/mol. The first-order valence-electron chi connectivity index (χ1n) is 10.6. The van der Waals surface area contributed by atoms with Crippen molar-refractivity contribution in [3.8, 4) is 0 Å². The van der Waals surface area contributed by atoms with Gasteiger partial charge in [0, 0.05) is 25.2 Å². The Morgan fingerprint density at radius 1 is 0.714 bits per heavy atom. The van der Waals surface area contributed by atoms with E-state index in [-0.39, 0.29) is 0 Å². The molecular formula is C22H38N4O2. The highest BCUT2D eigenvalue weighted by molar-refractivity contribution is 5.83. The van der Waals surface area contributed by atoms with Crippen LogP contribution in [-0.4, -0.2) is 50.8 Å². The molecule has 1 aromatic rings. The molecule has 0 aliphatic carbocycles. The molecule has 0 saturated carbocycles. The van der Waals surface area contributed by atoms with Gasteiger partial charge < -0.3 is 20.3 Å². The van der Waals surface area contributed by atoms with Crippen LogP contribution in [0.1, 0.15) is 64.5 Å². The van der Waals surface area contributed by atoms with Gasteiger partial charge in [-0.05, 0) is 36.8 Å². The SMILES string of the molecule is CCC(CC)NCCO/N=C\c1ccc(/C=N\OCCNC(CC)CC)cc1. The summed E-state index contributed by atoms with van der Waals surface area (Å²) in [6.07, 6.45) is 7.98. The lowest BCUT2D eigenvalue weighted by Crippen LogP contribution is -2.30. The second-order valence-corrected chi connectivity index (χ2v) is 6.74. The smallest absolute Gasteiger partial charge is 0.129 e. The molecule has 0 heterocycles. The third-order valence-corrected chi connectivity index (χ3v) is 4.71. The number of hydrogen-bond donors (Lipinski definition) is 2. The van der Waals surface area contributed by atoms with Crippen LogP contribution in [0.15, 0.2) is 34.6 Å². The van der Waals surface area contributed by atoms with Crippen LogP contribution in [0.3, 0.4) is 0 Å². The molecule has 0 unspecified atom stereocenters. The highest BCUT2D eigenvalue weighted by atomic mass is 16.6. The van der Waals surface area contributed by atoms with Crippen molar-refractivity contribution in [2.24, 2.45) is 10.3 Å². The first-order chi connectivity index (χ1) is 13.7. The van der Waals surface area contributed by atoms with Gasteiger partial charge >= 0.3 is 0 Å².